The quantitative estimate of drug-likeness (QED) is 0.746. The van der Waals surface area contributed by atoms with E-state index in [9.17, 15) is 0 Å². The molecule has 3 heteroatoms. The molecule has 0 aliphatic carbocycles. The summed E-state index contributed by atoms with van der Waals surface area (Å²) in [5, 5.41) is 0. The van der Waals surface area contributed by atoms with Gasteiger partial charge in [0.25, 0.3) is 0 Å². The zero-order valence-electron chi connectivity index (χ0n) is 13.1. The summed E-state index contributed by atoms with van der Waals surface area (Å²) >= 11 is 0. The van der Waals surface area contributed by atoms with Crippen molar-refractivity contribution in [1.29, 1.82) is 0 Å². The van der Waals surface area contributed by atoms with Gasteiger partial charge in [-0.15, -0.1) is 0 Å². The molecule has 0 aliphatic heterocycles. The van der Waals surface area contributed by atoms with Gasteiger partial charge >= 0.3 is 0 Å². The number of nitrogens with one attached hydrogen (secondary N) is 1. The molecule has 3 nitrogen and oxygen atoms in total. The van der Waals surface area contributed by atoms with Gasteiger partial charge in [0, 0.05) is 13.1 Å². The van der Waals surface area contributed by atoms with Gasteiger partial charge in [0.2, 0.25) is 0 Å². The van der Waals surface area contributed by atoms with Gasteiger partial charge < -0.3 is 9.88 Å². The van der Waals surface area contributed by atoms with Crippen molar-refractivity contribution in [3.63, 3.8) is 0 Å². The molecule has 22 heavy (non-hydrogen) atoms. The average molecular weight is 291 g/mol. The van der Waals surface area contributed by atoms with Gasteiger partial charge in [0.15, 0.2) is 0 Å². The van der Waals surface area contributed by atoms with Gasteiger partial charge in [-0.3, -0.25) is 0 Å². The first-order valence-corrected chi connectivity index (χ1v) is 7.78. The number of aromatic nitrogens is 2. The number of benzene rings is 2. The summed E-state index contributed by atoms with van der Waals surface area (Å²) < 4.78 is 0. The topological polar surface area (TPSA) is 31.9 Å². The van der Waals surface area contributed by atoms with E-state index < -0.39 is 0 Å². The zero-order chi connectivity index (χ0) is 15.4. The molecule has 0 unspecified atom stereocenters. The van der Waals surface area contributed by atoms with Crippen molar-refractivity contribution in [2.24, 2.45) is 0 Å². The Morgan fingerprint density at radius 1 is 0.955 bits per heavy atom. The van der Waals surface area contributed by atoms with E-state index >= 15 is 0 Å². The van der Waals surface area contributed by atoms with E-state index in [4.69, 9.17) is 4.98 Å². The Bertz CT molecular complexity index is 768. The van der Waals surface area contributed by atoms with E-state index in [0.717, 1.165) is 29.9 Å². The lowest BCUT2D eigenvalue weighted by atomic mass is 10.2. The average Bonchev–Trinajstić information content (AvgIpc) is 2.99. The molecule has 1 aromatic heterocycles. The van der Waals surface area contributed by atoms with Crippen molar-refractivity contribution in [1.82, 2.24) is 9.97 Å². The SMILES string of the molecule is CCN(CC)c1cccc2[nH]c(C=Cc3ccccc3)nc12. The molecule has 0 spiro atoms. The highest BCUT2D eigenvalue weighted by Gasteiger charge is 2.10. The smallest absolute Gasteiger partial charge is 0.131 e. The summed E-state index contributed by atoms with van der Waals surface area (Å²) in [6, 6.07) is 16.6. The van der Waals surface area contributed by atoms with E-state index in [1.807, 2.05) is 24.3 Å². The van der Waals surface area contributed by atoms with Gasteiger partial charge in [0.05, 0.1) is 11.2 Å². The number of aromatic amines is 1. The minimum absolute atomic E-state index is 0.887. The number of H-pyrrole nitrogens is 1. The predicted octanol–water partition coefficient (Wildman–Crippen LogP) is 4.58. The molecule has 1 N–H and O–H groups in total. The van der Waals surface area contributed by atoms with E-state index in [1.54, 1.807) is 0 Å². The number of fused-ring (bicyclic) bond motifs is 1. The first-order valence-electron chi connectivity index (χ1n) is 7.78. The summed E-state index contributed by atoms with van der Waals surface area (Å²) in [5.41, 5.74) is 4.49. The van der Waals surface area contributed by atoms with Crippen LogP contribution in [0.5, 0.6) is 0 Å². The molecule has 112 valence electrons. The van der Waals surface area contributed by atoms with E-state index in [1.165, 1.54) is 11.3 Å². The third kappa shape index (κ3) is 2.89. The number of hydrogen-bond donors (Lipinski definition) is 1. The fourth-order valence-corrected chi connectivity index (χ4v) is 2.67. The second kappa shape index (κ2) is 6.48. The third-order valence-corrected chi connectivity index (χ3v) is 3.85. The Labute approximate surface area is 131 Å². The normalized spacial score (nSPS) is 11.4. The number of para-hydroxylation sites is 1. The lowest BCUT2D eigenvalue weighted by molar-refractivity contribution is 0.869. The van der Waals surface area contributed by atoms with Crippen LogP contribution in [0.15, 0.2) is 48.5 Å². The van der Waals surface area contributed by atoms with Crippen molar-refractivity contribution < 1.29 is 0 Å². The van der Waals surface area contributed by atoms with Crippen LogP contribution in [0.4, 0.5) is 5.69 Å². The molecule has 3 aromatic rings. The Hall–Kier alpha value is -2.55. The van der Waals surface area contributed by atoms with Crippen LogP contribution >= 0.6 is 0 Å². The summed E-state index contributed by atoms with van der Waals surface area (Å²) in [6.45, 7) is 6.31. The predicted molar refractivity (Wildman–Crippen MR) is 95.0 cm³/mol. The summed E-state index contributed by atoms with van der Waals surface area (Å²) in [5.74, 6) is 0.887. The lowest BCUT2D eigenvalue weighted by Gasteiger charge is -2.21. The number of hydrogen-bond acceptors (Lipinski definition) is 2. The molecule has 0 aliphatic rings. The lowest BCUT2D eigenvalue weighted by Crippen LogP contribution is -2.21. The molecule has 0 saturated carbocycles. The summed E-state index contributed by atoms with van der Waals surface area (Å²) in [4.78, 5) is 10.5. The van der Waals surface area contributed by atoms with Gasteiger partial charge in [-0.2, -0.15) is 0 Å². The molecule has 0 amide bonds. The molecule has 3 rings (SSSR count). The van der Waals surface area contributed by atoms with Crippen LogP contribution in [0.25, 0.3) is 23.2 Å². The minimum atomic E-state index is 0.887. The molecule has 0 saturated heterocycles. The van der Waals surface area contributed by atoms with Gasteiger partial charge in [0.1, 0.15) is 11.3 Å². The number of rotatable bonds is 5. The van der Waals surface area contributed by atoms with Crippen molar-refractivity contribution in [2.75, 3.05) is 18.0 Å². The van der Waals surface area contributed by atoms with Crippen molar-refractivity contribution in [3.05, 3.63) is 59.9 Å². The maximum absolute atomic E-state index is 4.76. The van der Waals surface area contributed by atoms with Crippen LogP contribution in [0.2, 0.25) is 0 Å². The summed E-state index contributed by atoms with van der Waals surface area (Å²) in [6.07, 6.45) is 4.11. The van der Waals surface area contributed by atoms with Crippen LogP contribution in [0, 0.1) is 0 Å². The van der Waals surface area contributed by atoms with Crippen LogP contribution in [-0.2, 0) is 0 Å². The number of imidazole rings is 1. The monoisotopic (exact) mass is 291 g/mol. The van der Waals surface area contributed by atoms with E-state index in [-0.39, 0.29) is 0 Å². The van der Waals surface area contributed by atoms with Crippen molar-refractivity contribution in [2.45, 2.75) is 13.8 Å². The second-order valence-electron chi connectivity index (χ2n) is 5.21. The molecule has 0 atom stereocenters. The molecule has 2 aromatic carbocycles. The first kappa shape index (κ1) is 14.4. The standard InChI is InChI=1S/C19H21N3/c1-3-22(4-2)17-12-8-11-16-19(17)21-18(20-16)14-13-15-9-6-5-7-10-15/h5-14H,3-4H2,1-2H3,(H,20,21). The highest BCUT2D eigenvalue weighted by atomic mass is 15.1. The maximum Gasteiger partial charge on any atom is 0.131 e. The van der Waals surface area contributed by atoms with Crippen molar-refractivity contribution in [3.8, 4) is 0 Å². The third-order valence-electron chi connectivity index (χ3n) is 3.85. The summed E-state index contributed by atoms with van der Waals surface area (Å²) in [7, 11) is 0. The largest absolute Gasteiger partial charge is 0.370 e. The van der Waals surface area contributed by atoms with Crippen LogP contribution in [0.3, 0.4) is 0 Å². The highest BCUT2D eigenvalue weighted by Crippen LogP contribution is 2.25. The Balaban J connectivity index is 1.96. The second-order valence-corrected chi connectivity index (χ2v) is 5.21. The van der Waals surface area contributed by atoms with Crippen LogP contribution in [0.1, 0.15) is 25.2 Å². The van der Waals surface area contributed by atoms with E-state index in [0.29, 0.717) is 0 Å². The fraction of sp³-hybridized carbons (Fsp3) is 0.211. The Kier molecular flexibility index (Phi) is 4.24. The molecule has 1 heterocycles. The van der Waals surface area contributed by atoms with Crippen LogP contribution < -0.4 is 4.90 Å². The van der Waals surface area contributed by atoms with Gasteiger partial charge in [-0.25, -0.2) is 4.98 Å². The maximum atomic E-state index is 4.76. The minimum Gasteiger partial charge on any atom is -0.370 e. The molecule has 0 bridgehead atoms. The fourth-order valence-electron chi connectivity index (χ4n) is 2.67. The zero-order valence-corrected chi connectivity index (χ0v) is 13.1. The first-order chi connectivity index (χ1) is 10.8. The van der Waals surface area contributed by atoms with Gasteiger partial charge in [-0.05, 0) is 37.6 Å². The Morgan fingerprint density at radius 2 is 1.73 bits per heavy atom. The van der Waals surface area contributed by atoms with Crippen molar-refractivity contribution >= 4 is 28.9 Å². The van der Waals surface area contributed by atoms with E-state index in [2.05, 4.69) is 60.1 Å². The number of nitrogens with zero attached hydrogens (tertiary/aromatic N) is 2. The molecule has 0 radical (unpaired) electrons. The Morgan fingerprint density at radius 3 is 2.45 bits per heavy atom. The molecular formula is C19H21N3. The van der Waals surface area contributed by atoms with Gasteiger partial charge in [-0.1, -0.05) is 42.5 Å². The number of anilines is 1. The molecular weight excluding hydrogens is 270 g/mol. The van der Waals surface area contributed by atoms with Crippen LogP contribution in [-0.4, -0.2) is 23.1 Å². The molecule has 0 fully saturated rings. The highest BCUT2D eigenvalue weighted by molar-refractivity contribution is 5.90.